The number of likely N-dealkylation sites (tertiary alicyclic amines) is 1. The van der Waals surface area contributed by atoms with Crippen LogP contribution in [0.1, 0.15) is 41.4 Å². The fourth-order valence-corrected chi connectivity index (χ4v) is 3.77. The molecule has 1 atom stereocenters. The molecule has 0 aromatic carbocycles. The number of aryl methyl sites for hydroxylation is 2. The molecule has 1 unspecified atom stereocenters. The highest BCUT2D eigenvalue weighted by Gasteiger charge is 2.23. The Labute approximate surface area is 124 Å². The van der Waals surface area contributed by atoms with Crippen LogP contribution < -0.4 is 11.1 Å². The van der Waals surface area contributed by atoms with Gasteiger partial charge in [0.05, 0.1) is 17.2 Å². The third kappa shape index (κ3) is 4.01. The van der Waals surface area contributed by atoms with Crippen molar-refractivity contribution in [3.05, 3.63) is 15.6 Å². The summed E-state index contributed by atoms with van der Waals surface area (Å²) in [4.78, 5) is 19.0. The van der Waals surface area contributed by atoms with Crippen molar-refractivity contribution in [2.75, 3.05) is 19.6 Å². The molecule has 0 aliphatic carbocycles. The van der Waals surface area contributed by atoms with Gasteiger partial charge in [0.25, 0.3) is 0 Å². The molecule has 0 radical (unpaired) electrons. The molecule has 1 saturated heterocycles. The lowest BCUT2D eigenvalue weighted by Crippen LogP contribution is -2.45. The summed E-state index contributed by atoms with van der Waals surface area (Å²) >= 11 is 1.76. The molecule has 1 amide bonds. The fourth-order valence-electron chi connectivity index (χ4n) is 2.86. The molecule has 1 aromatic rings. The first kappa shape index (κ1) is 15.4. The number of hydrogen-bond acceptors (Lipinski definition) is 5. The van der Waals surface area contributed by atoms with E-state index in [1.54, 1.807) is 11.3 Å². The molecule has 1 aromatic heterocycles. The van der Waals surface area contributed by atoms with Crippen molar-refractivity contribution in [1.82, 2.24) is 15.2 Å². The number of amides is 1. The molecule has 0 bridgehead atoms. The molecular formula is C14H24N4OS. The second kappa shape index (κ2) is 6.65. The van der Waals surface area contributed by atoms with Crippen LogP contribution in [-0.4, -0.2) is 41.5 Å². The molecule has 2 heterocycles. The summed E-state index contributed by atoms with van der Waals surface area (Å²) in [5, 5.41) is 4.79. The van der Waals surface area contributed by atoms with Crippen LogP contribution in [0, 0.1) is 13.8 Å². The molecule has 6 heteroatoms. The van der Waals surface area contributed by atoms with Gasteiger partial charge in [-0.3, -0.25) is 9.69 Å². The van der Waals surface area contributed by atoms with Crippen molar-refractivity contribution in [3.8, 4) is 0 Å². The van der Waals surface area contributed by atoms with Crippen molar-refractivity contribution in [2.45, 2.75) is 45.7 Å². The van der Waals surface area contributed by atoms with Crippen molar-refractivity contribution in [1.29, 1.82) is 0 Å². The van der Waals surface area contributed by atoms with E-state index in [1.807, 2.05) is 0 Å². The Bertz CT molecular complexity index is 466. The van der Waals surface area contributed by atoms with E-state index in [0.717, 1.165) is 30.9 Å². The standard InChI is InChI=1S/C14H24N4OS/c1-9(14-10(2)20-11(3)17-14)16-12-4-6-18(7-5-12)8-13(15)19/h9,12,16H,4-8H2,1-3H3,(H2,15,19). The van der Waals surface area contributed by atoms with Gasteiger partial charge in [0.15, 0.2) is 0 Å². The maximum absolute atomic E-state index is 10.9. The number of carbonyl (C=O) groups is 1. The molecule has 20 heavy (non-hydrogen) atoms. The summed E-state index contributed by atoms with van der Waals surface area (Å²) < 4.78 is 0. The zero-order valence-electron chi connectivity index (χ0n) is 12.5. The number of nitrogens with two attached hydrogens (primary N) is 1. The van der Waals surface area contributed by atoms with Gasteiger partial charge in [0.2, 0.25) is 5.91 Å². The number of piperidine rings is 1. The highest BCUT2D eigenvalue weighted by atomic mass is 32.1. The SMILES string of the molecule is Cc1nc(C(C)NC2CCN(CC(N)=O)CC2)c(C)s1. The number of carbonyl (C=O) groups excluding carboxylic acids is 1. The maximum Gasteiger partial charge on any atom is 0.231 e. The van der Waals surface area contributed by atoms with E-state index < -0.39 is 0 Å². The summed E-state index contributed by atoms with van der Waals surface area (Å²) in [5.41, 5.74) is 6.40. The Morgan fingerprint density at radius 2 is 2.15 bits per heavy atom. The Hall–Kier alpha value is -0.980. The van der Waals surface area contributed by atoms with E-state index in [9.17, 15) is 4.79 Å². The van der Waals surface area contributed by atoms with E-state index in [-0.39, 0.29) is 11.9 Å². The first-order valence-electron chi connectivity index (χ1n) is 7.16. The molecule has 1 aliphatic heterocycles. The minimum absolute atomic E-state index is 0.238. The normalized spacial score (nSPS) is 19.1. The highest BCUT2D eigenvalue weighted by molar-refractivity contribution is 7.11. The fraction of sp³-hybridized carbons (Fsp3) is 0.714. The average Bonchev–Trinajstić information content (AvgIpc) is 2.70. The minimum atomic E-state index is -0.238. The topological polar surface area (TPSA) is 71.2 Å². The number of rotatable bonds is 5. The third-order valence-electron chi connectivity index (χ3n) is 3.80. The smallest absolute Gasteiger partial charge is 0.231 e. The summed E-state index contributed by atoms with van der Waals surface area (Å²) in [7, 11) is 0. The zero-order valence-corrected chi connectivity index (χ0v) is 13.3. The number of aromatic nitrogens is 1. The van der Waals surface area contributed by atoms with Crippen LogP contribution in [0.3, 0.4) is 0 Å². The molecule has 0 spiro atoms. The van der Waals surface area contributed by atoms with Gasteiger partial charge in [-0.05, 0) is 33.6 Å². The van der Waals surface area contributed by atoms with Gasteiger partial charge < -0.3 is 11.1 Å². The molecule has 1 fully saturated rings. The Morgan fingerprint density at radius 1 is 1.50 bits per heavy atom. The lowest BCUT2D eigenvalue weighted by Gasteiger charge is -2.33. The molecule has 5 nitrogen and oxygen atoms in total. The van der Waals surface area contributed by atoms with E-state index in [2.05, 4.69) is 36.0 Å². The number of hydrogen-bond donors (Lipinski definition) is 2. The Balaban J connectivity index is 1.83. The molecule has 2 rings (SSSR count). The Morgan fingerprint density at radius 3 is 2.65 bits per heavy atom. The van der Waals surface area contributed by atoms with E-state index in [4.69, 9.17) is 5.73 Å². The van der Waals surface area contributed by atoms with Crippen molar-refractivity contribution in [3.63, 3.8) is 0 Å². The summed E-state index contributed by atoms with van der Waals surface area (Å²) in [6.07, 6.45) is 2.11. The van der Waals surface area contributed by atoms with Crippen LogP contribution in [0.5, 0.6) is 0 Å². The number of nitrogens with one attached hydrogen (secondary N) is 1. The van der Waals surface area contributed by atoms with Gasteiger partial charge in [-0.15, -0.1) is 11.3 Å². The highest BCUT2D eigenvalue weighted by Crippen LogP contribution is 2.24. The van der Waals surface area contributed by atoms with Crippen LogP contribution in [0.15, 0.2) is 0 Å². The Kier molecular flexibility index (Phi) is 5.12. The third-order valence-corrected chi connectivity index (χ3v) is 4.70. The predicted octanol–water partition coefficient (Wildman–Crippen LogP) is 1.36. The van der Waals surface area contributed by atoms with Crippen LogP contribution >= 0.6 is 11.3 Å². The zero-order chi connectivity index (χ0) is 14.7. The van der Waals surface area contributed by atoms with Gasteiger partial charge in [0, 0.05) is 30.1 Å². The number of thiazole rings is 1. The summed E-state index contributed by atoms with van der Waals surface area (Å²) in [6.45, 7) is 8.61. The van der Waals surface area contributed by atoms with E-state index in [1.165, 1.54) is 10.6 Å². The quantitative estimate of drug-likeness (QED) is 0.860. The van der Waals surface area contributed by atoms with Crippen LogP contribution in [0.2, 0.25) is 0 Å². The van der Waals surface area contributed by atoms with Crippen LogP contribution in [0.25, 0.3) is 0 Å². The predicted molar refractivity (Wildman–Crippen MR) is 81.8 cm³/mol. The van der Waals surface area contributed by atoms with Crippen molar-refractivity contribution < 1.29 is 4.79 Å². The first-order valence-corrected chi connectivity index (χ1v) is 7.98. The molecule has 0 saturated carbocycles. The first-order chi connectivity index (χ1) is 9.45. The summed E-state index contributed by atoms with van der Waals surface area (Å²) in [5.74, 6) is -0.238. The second-order valence-electron chi connectivity index (χ2n) is 5.58. The maximum atomic E-state index is 10.9. The monoisotopic (exact) mass is 296 g/mol. The molecular weight excluding hydrogens is 272 g/mol. The van der Waals surface area contributed by atoms with E-state index >= 15 is 0 Å². The number of nitrogens with zero attached hydrogens (tertiary/aromatic N) is 2. The van der Waals surface area contributed by atoms with Gasteiger partial charge in [0.1, 0.15) is 0 Å². The molecule has 112 valence electrons. The molecule has 1 aliphatic rings. The van der Waals surface area contributed by atoms with Crippen LogP contribution in [-0.2, 0) is 4.79 Å². The second-order valence-corrected chi connectivity index (χ2v) is 6.99. The van der Waals surface area contributed by atoms with Crippen molar-refractivity contribution >= 4 is 17.2 Å². The van der Waals surface area contributed by atoms with Crippen molar-refractivity contribution in [2.24, 2.45) is 5.73 Å². The molecule has 3 N–H and O–H groups in total. The number of primary amides is 1. The lowest BCUT2D eigenvalue weighted by atomic mass is 10.0. The van der Waals surface area contributed by atoms with Gasteiger partial charge in [-0.25, -0.2) is 4.98 Å². The van der Waals surface area contributed by atoms with Gasteiger partial charge in [-0.1, -0.05) is 0 Å². The van der Waals surface area contributed by atoms with Gasteiger partial charge in [-0.2, -0.15) is 0 Å². The van der Waals surface area contributed by atoms with Crippen LogP contribution in [0.4, 0.5) is 0 Å². The van der Waals surface area contributed by atoms with E-state index in [0.29, 0.717) is 12.6 Å². The average molecular weight is 296 g/mol. The summed E-state index contributed by atoms with van der Waals surface area (Å²) in [6, 6.07) is 0.781. The van der Waals surface area contributed by atoms with Gasteiger partial charge >= 0.3 is 0 Å². The largest absolute Gasteiger partial charge is 0.369 e. The lowest BCUT2D eigenvalue weighted by molar-refractivity contribution is -0.119. The minimum Gasteiger partial charge on any atom is -0.369 e.